The van der Waals surface area contributed by atoms with Gasteiger partial charge in [-0.1, -0.05) is 11.8 Å². The van der Waals surface area contributed by atoms with E-state index in [2.05, 4.69) is 15.5 Å². The van der Waals surface area contributed by atoms with Gasteiger partial charge >= 0.3 is 0 Å². The Hall–Kier alpha value is -2.13. The quantitative estimate of drug-likeness (QED) is 0.518. The fourth-order valence-corrected chi connectivity index (χ4v) is 3.40. The number of tetrazole rings is 1. The van der Waals surface area contributed by atoms with Crippen LogP contribution < -0.4 is 9.47 Å². The summed E-state index contributed by atoms with van der Waals surface area (Å²) in [5.74, 6) is 1.33. The molecule has 1 atom stereocenters. The van der Waals surface area contributed by atoms with Crippen molar-refractivity contribution in [3.8, 4) is 11.5 Å². The molecule has 0 saturated carbocycles. The first kappa shape index (κ1) is 17.7. The Morgan fingerprint density at radius 1 is 1.36 bits per heavy atom. The summed E-state index contributed by atoms with van der Waals surface area (Å²) < 4.78 is 17.7. The second-order valence-electron chi connectivity index (χ2n) is 5.56. The van der Waals surface area contributed by atoms with Gasteiger partial charge in [0.2, 0.25) is 5.16 Å². The predicted molar refractivity (Wildman–Crippen MR) is 91.4 cm³/mol. The summed E-state index contributed by atoms with van der Waals surface area (Å²) in [6.45, 7) is 1.40. The largest absolute Gasteiger partial charge is 0.493 e. The van der Waals surface area contributed by atoms with Crippen LogP contribution in [0, 0.1) is 0 Å². The van der Waals surface area contributed by atoms with Crippen LogP contribution >= 0.6 is 11.8 Å². The van der Waals surface area contributed by atoms with Crippen LogP contribution in [-0.4, -0.2) is 58.7 Å². The Kier molecular flexibility index (Phi) is 5.87. The summed E-state index contributed by atoms with van der Waals surface area (Å²) in [6, 6.07) is 5.12. The van der Waals surface area contributed by atoms with Gasteiger partial charge in [-0.25, -0.2) is 4.68 Å². The van der Waals surface area contributed by atoms with Crippen molar-refractivity contribution in [3.05, 3.63) is 23.8 Å². The Balaban J connectivity index is 1.62. The predicted octanol–water partition coefficient (Wildman–Crippen LogP) is 1.84. The first-order valence-electron chi connectivity index (χ1n) is 7.97. The molecule has 3 rings (SSSR count). The van der Waals surface area contributed by atoms with Crippen molar-refractivity contribution in [2.75, 3.05) is 26.6 Å². The highest BCUT2D eigenvalue weighted by Gasteiger charge is 2.20. The van der Waals surface area contributed by atoms with Crippen molar-refractivity contribution >= 4 is 17.5 Å². The zero-order valence-corrected chi connectivity index (χ0v) is 15.0. The minimum Gasteiger partial charge on any atom is -0.493 e. The third-order valence-electron chi connectivity index (χ3n) is 3.94. The fourth-order valence-electron chi connectivity index (χ4n) is 2.62. The van der Waals surface area contributed by atoms with E-state index in [1.165, 1.54) is 11.8 Å². The molecule has 0 amide bonds. The number of Topliss-reactive ketones (excluding diaryl/α,β-unsaturated/α-hetero) is 1. The van der Waals surface area contributed by atoms with Gasteiger partial charge in [-0.15, -0.1) is 5.10 Å². The van der Waals surface area contributed by atoms with Gasteiger partial charge in [0.25, 0.3) is 0 Å². The number of rotatable bonds is 8. The Bertz CT molecular complexity index is 731. The molecule has 0 N–H and O–H groups in total. The molecule has 1 unspecified atom stereocenters. The number of ether oxygens (including phenoxy) is 3. The summed E-state index contributed by atoms with van der Waals surface area (Å²) in [7, 11) is 3.10. The van der Waals surface area contributed by atoms with Crippen LogP contribution in [0.3, 0.4) is 0 Å². The first-order valence-corrected chi connectivity index (χ1v) is 8.95. The van der Waals surface area contributed by atoms with Crippen molar-refractivity contribution in [1.82, 2.24) is 20.2 Å². The number of thioether (sulfide) groups is 1. The summed E-state index contributed by atoms with van der Waals surface area (Å²) in [6.07, 6.45) is 2.21. The monoisotopic (exact) mass is 364 g/mol. The molecule has 1 fully saturated rings. The second kappa shape index (κ2) is 8.30. The number of benzene rings is 1. The van der Waals surface area contributed by atoms with E-state index in [1.54, 1.807) is 37.1 Å². The summed E-state index contributed by atoms with van der Waals surface area (Å²) in [5.41, 5.74) is 0.559. The number of nitrogens with zero attached hydrogens (tertiary/aromatic N) is 4. The molecule has 25 heavy (non-hydrogen) atoms. The van der Waals surface area contributed by atoms with Gasteiger partial charge in [0, 0.05) is 12.2 Å². The summed E-state index contributed by atoms with van der Waals surface area (Å²) in [5, 5.41) is 12.3. The smallest absolute Gasteiger partial charge is 0.209 e. The van der Waals surface area contributed by atoms with Crippen molar-refractivity contribution in [1.29, 1.82) is 0 Å². The van der Waals surface area contributed by atoms with Gasteiger partial charge in [0.05, 0.1) is 32.6 Å². The van der Waals surface area contributed by atoms with E-state index in [4.69, 9.17) is 14.2 Å². The number of methoxy groups -OCH3 is 2. The lowest BCUT2D eigenvalue weighted by molar-refractivity contribution is 0.0912. The van der Waals surface area contributed by atoms with Gasteiger partial charge < -0.3 is 14.2 Å². The van der Waals surface area contributed by atoms with Crippen LogP contribution in [0.5, 0.6) is 11.5 Å². The van der Waals surface area contributed by atoms with E-state index in [-0.39, 0.29) is 17.6 Å². The van der Waals surface area contributed by atoms with Gasteiger partial charge in [-0.05, 0) is 41.5 Å². The molecule has 0 aliphatic carbocycles. The number of aromatic nitrogens is 4. The Morgan fingerprint density at radius 2 is 2.20 bits per heavy atom. The van der Waals surface area contributed by atoms with E-state index in [0.29, 0.717) is 28.8 Å². The third-order valence-corrected chi connectivity index (χ3v) is 4.89. The van der Waals surface area contributed by atoms with Crippen LogP contribution in [0.1, 0.15) is 23.2 Å². The SMILES string of the molecule is COc1ccc(C(=O)CSc2nnnn2CC2CCCO2)cc1OC. The maximum atomic E-state index is 12.4. The van der Waals surface area contributed by atoms with Crippen molar-refractivity contribution < 1.29 is 19.0 Å². The summed E-state index contributed by atoms with van der Waals surface area (Å²) in [4.78, 5) is 12.4. The van der Waals surface area contributed by atoms with Crippen molar-refractivity contribution in [2.45, 2.75) is 30.6 Å². The Morgan fingerprint density at radius 3 is 2.92 bits per heavy atom. The highest BCUT2D eigenvalue weighted by molar-refractivity contribution is 7.99. The molecule has 1 saturated heterocycles. The van der Waals surface area contributed by atoms with Gasteiger partial charge in [0.15, 0.2) is 17.3 Å². The van der Waals surface area contributed by atoms with Gasteiger partial charge in [0.1, 0.15) is 0 Å². The molecule has 1 aromatic heterocycles. The zero-order valence-electron chi connectivity index (χ0n) is 14.2. The molecule has 8 nitrogen and oxygen atoms in total. The normalized spacial score (nSPS) is 16.8. The molecular weight excluding hydrogens is 344 g/mol. The fraction of sp³-hybridized carbons (Fsp3) is 0.500. The molecule has 0 radical (unpaired) electrons. The molecule has 1 aliphatic rings. The molecule has 2 heterocycles. The van der Waals surface area contributed by atoms with Crippen molar-refractivity contribution in [3.63, 3.8) is 0 Å². The number of ketones is 1. The zero-order chi connectivity index (χ0) is 17.6. The van der Waals surface area contributed by atoms with Gasteiger partial charge in [-0.3, -0.25) is 4.79 Å². The molecule has 1 aliphatic heterocycles. The third kappa shape index (κ3) is 4.29. The van der Waals surface area contributed by atoms with E-state index in [1.807, 2.05) is 0 Å². The van der Waals surface area contributed by atoms with E-state index < -0.39 is 0 Å². The highest BCUT2D eigenvalue weighted by Crippen LogP contribution is 2.28. The average Bonchev–Trinajstić information content (AvgIpc) is 3.31. The van der Waals surface area contributed by atoms with Crippen LogP contribution in [0.4, 0.5) is 0 Å². The molecular formula is C16H20N4O4S. The van der Waals surface area contributed by atoms with E-state index in [0.717, 1.165) is 19.4 Å². The number of hydrogen-bond donors (Lipinski definition) is 0. The maximum Gasteiger partial charge on any atom is 0.209 e. The molecule has 1 aromatic carbocycles. The molecule has 134 valence electrons. The van der Waals surface area contributed by atoms with E-state index in [9.17, 15) is 4.79 Å². The van der Waals surface area contributed by atoms with Crippen LogP contribution in [0.2, 0.25) is 0 Å². The minimum atomic E-state index is -0.0300. The topological polar surface area (TPSA) is 88.4 Å². The molecule has 2 aromatic rings. The molecule has 0 spiro atoms. The highest BCUT2D eigenvalue weighted by atomic mass is 32.2. The maximum absolute atomic E-state index is 12.4. The average molecular weight is 364 g/mol. The molecule has 9 heteroatoms. The Labute approximate surface area is 149 Å². The lowest BCUT2D eigenvalue weighted by Gasteiger charge is -2.10. The number of carbonyl (C=O) groups excluding carboxylic acids is 1. The summed E-state index contributed by atoms with van der Waals surface area (Å²) >= 11 is 1.31. The van der Waals surface area contributed by atoms with E-state index >= 15 is 0 Å². The lowest BCUT2D eigenvalue weighted by atomic mass is 10.1. The second-order valence-corrected chi connectivity index (χ2v) is 6.50. The van der Waals surface area contributed by atoms with Crippen molar-refractivity contribution in [2.24, 2.45) is 0 Å². The number of carbonyl (C=O) groups is 1. The number of hydrogen-bond acceptors (Lipinski definition) is 8. The first-order chi connectivity index (χ1) is 12.2. The minimum absolute atomic E-state index is 0.0300. The van der Waals surface area contributed by atoms with Crippen LogP contribution in [-0.2, 0) is 11.3 Å². The lowest BCUT2D eigenvalue weighted by Crippen LogP contribution is -2.17. The van der Waals surface area contributed by atoms with Crippen LogP contribution in [0.15, 0.2) is 23.4 Å². The molecule has 0 bridgehead atoms. The van der Waals surface area contributed by atoms with Gasteiger partial charge in [-0.2, -0.15) is 0 Å². The standard InChI is InChI=1S/C16H20N4O4S/c1-22-14-6-5-11(8-15(14)23-2)13(21)10-25-16-17-18-19-20(16)9-12-4-3-7-24-12/h5-6,8,12H,3-4,7,9-10H2,1-2H3. The van der Waals surface area contributed by atoms with Crippen LogP contribution in [0.25, 0.3) is 0 Å².